The van der Waals surface area contributed by atoms with E-state index in [2.05, 4.69) is 79.0 Å². The highest BCUT2D eigenvalue weighted by molar-refractivity contribution is 5.41. The van der Waals surface area contributed by atoms with Crippen molar-refractivity contribution in [3.63, 3.8) is 0 Å². The minimum Gasteiger partial charge on any atom is -0.100 e. The maximum atomic E-state index is 4.27. The average Bonchev–Trinajstić information content (AvgIpc) is 2.50. The molecular formula is C25H40. The Morgan fingerprint density at radius 3 is 2.44 bits per heavy atom. The minimum atomic E-state index is 0.255. The van der Waals surface area contributed by atoms with E-state index in [0.29, 0.717) is 5.92 Å². The Balaban J connectivity index is 2.78. The van der Waals surface area contributed by atoms with Gasteiger partial charge in [0.2, 0.25) is 0 Å². The van der Waals surface area contributed by atoms with Crippen LogP contribution in [0.4, 0.5) is 0 Å². The molecule has 0 saturated carbocycles. The van der Waals surface area contributed by atoms with Crippen LogP contribution in [0.1, 0.15) is 80.1 Å². The first-order valence-electron chi connectivity index (χ1n) is 10.0. The van der Waals surface area contributed by atoms with Gasteiger partial charge in [-0.25, -0.2) is 0 Å². The van der Waals surface area contributed by atoms with Crippen LogP contribution >= 0.6 is 0 Å². The zero-order valence-electron chi connectivity index (χ0n) is 17.6. The molecule has 0 nitrogen and oxygen atoms in total. The summed E-state index contributed by atoms with van der Waals surface area (Å²) in [7, 11) is 0. The van der Waals surface area contributed by atoms with Gasteiger partial charge in [-0.05, 0) is 80.8 Å². The van der Waals surface area contributed by atoms with Crippen molar-refractivity contribution < 1.29 is 0 Å². The molecule has 1 aliphatic rings. The van der Waals surface area contributed by atoms with E-state index in [1.54, 1.807) is 0 Å². The van der Waals surface area contributed by atoms with Crippen LogP contribution in [0.5, 0.6) is 0 Å². The Morgan fingerprint density at radius 1 is 1.24 bits per heavy atom. The fraction of sp³-hybridized carbons (Fsp3) is 0.600. The lowest BCUT2D eigenvalue weighted by Crippen LogP contribution is -2.17. The Bertz CT molecular complexity index is 551. The first-order chi connectivity index (χ1) is 11.7. The summed E-state index contributed by atoms with van der Waals surface area (Å²) >= 11 is 0. The second-order valence-corrected chi connectivity index (χ2v) is 8.80. The summed E-state index contributed by atoms with van der Waals surface area (Å²) in [6.07, 6.45) is 16.3. The van der Waals surface area contributed by atoms with Crippen molar-refractivity contribution in [3.05, 3.63) is 59.8 Å². The molecule has 0 saturated heterocycles. The van der Waals surface area contributed by atoms with Crippen molar-refractivity contribution >= 4 is 0 Å². The van der Waals surface area contributed by atoms with Gasteiger partial charge in [-0.15, -0.1) is 6.58 Å². The van der Waals surface area contributed by atoms with Crippen LogP contribution in [0.15, 0.2) is 59.8 Å². The first-order valence-corrected chi connectivity index (χ1v) is 10.0. The van der Waals surface area contributed by atoms with Crippen LogP contribution in [-0.4, -0.2) is 0 Å². The van der Waals surface area contributed by atoms with E-state index in [1.807, 2.05) is 0 Å². The largest absolute Gasteiger partial charge is 0.100 e. The van der Waals surface area contributed by atoms with Crippen LogP contribution in [0.2, 0.25) is 0 Å². The molecule has 0 N–H and O–H groups in total. The highest BCUT2D eigenvalue weighted by Gasteiger charge is 2.25. The lowest BCUT2D eigenvalue weighted by atomic mass is 9.74. The maximum Gasteiger partial charge on any atom is -0.00664 e. The van der Waals surface area contributed by atoms with Gasteiger partial charge in [-0.3, -0.25) is 0 Å². The summed E-state index contributed by atoms with van der Waals surface area (Å²) in [6.45, 7) is 22.0. The van der Waals surface area contributed by atoms with Crippen molar-refractivity contribution in [2.24, 2.45) is 17.3 Å². The summed E-state index contributed by atoms with van der Waals surface area (Å²) in [5.41, 5.74) is 5.92. The van der Waals surface area contributed by atoms with Gasteiger partial charge in [0, 0.05) is 0 Å². The normalized spacial score (nSPS) is 19.3. The van der Waals surface area contributed by atoms with Crippen molar-refractivity contribution in [1.82, 2.24) is 0 Å². The number of hydrogen-bond donors (Lipinski definition) is 0. The highest BCUT2D eigenvalue weighted by Crippen LogP contribution is 2.39. The Morgan fingerprint density at radius 2 is 1.92 bits per heavy atom. The molecule has 25 heavy (non-hydrogen) atoms. The summed E-state index contributed by atoms with van der Waals surface area (Å²) in [4.78, 5) is 0. The van der Waals surface area contributed by atoms with Gasteiger partial charge < -0.3 is 0 Å². The van der Waals surface area contributed by atoms with Gasteiger partial charge in [0.15, 0.2) is 0 Å². The monoisotopic (exact) mass is 340 g/mol. The molecule has 2 unspecified atom stereocenters. The number of rotatable bonds is 10. The molecule has 0 aromatic heterocycles. The number of hydrogen-bond acceptors (Lipinski definition) is 0. The van der Waals surface area contributed by atoms with E-state index < -0.39 is 0 Å². The lowest BCUT2D eigenvalue weighted by molar-refractivity contribution is 0.439. The third-order valence-corrected chi connectivity index (χ3v) is 5.53. The second kappa shape index (κ2) is 10.00. The molecule has 0 bridgehead atoms. The molecule has 0 spiro atoms. The topological polar surface area (TPSA) is 0 Å². The summed E-state index contributed by atoms with van der Waals surface area (Å²) in [6, 6.07) is 0. The standard InChI is InChI=1S/C25H40/c1-9-22(24-12-10-11-17-25(24,7)8)15-16-23(20(4)5)14-13-21(6)18-19(2)3/h10-12,15,21,23H,2,4,9,13-14,16-18H2,1,3,5-8H3. The van der Waals surface area contributed by atoms with Gasteiger partial charge in [0.1, 0.15) is 0 Å². The van der Waals surface area contributed by atoms with Crippen LogP contribution in [-0.2, 0) is 0 Å². The Hall–Kier alpha value is -1.30. The molecule has 140 valence electrons. The fourth-order valence-corrected chi connectivity index (χ4v) is 3.88. The van der Waals surface area contributed by atoms with Crippen molar-refractivity contribution in [2.45, 2.75) is 80.1 Å². The van der Waals surface area contributed by atoms with Crippen LogP contribution in [0, 0.1) is 17.3 Å². The summed E-state index contributed by atoms with van der Waals surface area (Å²) in [5, 5.41) is 0. The first kappa shape index (κ1) is 21.7. The summed E-state index contributed by atoms with van der Waals surface area (Å²) in [5.74, 6) is 1.32. The quantitative estimate of drug-likeness (QED) is 0.351. The lowest BCUT2D eigenvalue weighted by Gasteiger charge is -2.31. The minimum absolute atomic E-state index is 0.255. The molecule has 1 rings (SSSR count). The third-order valence-electron chi connectivity index (χ3n) is 5.53. The molecule has 0 heterocycles. The van der Waals surface area contributed by atoms with E-state index in [0.717, 1.165) is 31.6 Å². The molecular weight excluding hydrogens is 300 g/mol. The predicted octanol–water partition coefficient (Wildman–Crippen LogP) is 8.20. The fourth-order valence-electron chi connectivity index (χ4n) is 3.88. The molecule has 0 aliphatic heterocycles. The average molecular weight is 341 g/mol. The maximum absolute atomic E-state index is 4.27. The van der Waals surface area contributed by atoms with Gasteiger partial charge in [-0.2, -0.15) is 0 Å². The Kier molecular flexibility index (Phi) is 8.69. The van der Waals surface area contributed by atoms with Gasteiger partial charge in [0.05, 0.1) is 0 Å². The molecule has 0 fully saturated rings. The Labute approximate surface area is 157 Å². The van der Waals surface area contributed by atoms with E-state index in [4.69, 9.17) is 0 Å². The van der Waals surface area contributed by atoms with Crippen LogP contribution in [0.3, 0.4) is 0 Å². The third kappa shape index (κ3) is 7.22. The molecule has 0 aromatic rings. The van der Waals surface area contributed by atoms with Gasteiger partial charge >= 0.3 is 0 Å². The molecule has 0 radical (unpaired) electrons. The van der Waals surface area contributed by atoms with Crippen molar-refractivity contribution in [1.29, 1.82) is 0 Å². The predicted molar refractivity (Wildman–Crippen MR) is 115 cm³/mol. The molecule has 0 amide bonds. The molecule has 0 heteroatoms. The zero-order chi connectivity index (χ0) is 19.0. The highest BCUT2D eigenvalue weighted by atomic mass is 14.3. The SMILES string of the molecule is C=C(C)CC(C)CCC(CC=C(CC)C1=CC=CCC1(C)C)C(=C)C. The van der Waals surface area contributed by atoms with E-state index in [1.165, 1.54) is 35.1 Å². The van der Waals surface area contributed by atoms with Crippen molar-refractivity contribution in [3.8, 4) is 0 Å². The van der Waals surface area contributed by atoms with Gasteiger partial charge in [-0.1, -0.05) is 69.7 Å². The summed E-state index contributed by atoms with van der Waals surface area (Å²) < 4.78 is 0. The van der Waals surface area contributed by atoms with E-state index in [9.17, 15) is 0 Å². The zero-order valence-corrected chi connectivity index (χ0v) is 17.6. The van der Waals surface area contributed by atoms with Gasteiger partial charge in [0.25, 0.3) is 0 Å². The van der Waals surface area contributed by atoms with E-state index in [-0.39, 0.29) is 5.41 Å². The molecule has 2 atom stereocenters. The second-order valence-electron chi connectivity index (χ2n) is 8.80. The molecule has 0 aromatic carbocycles. The smallest absolute Gasteiger partial charge is 0.00664 e. The van der Waals surface area contributed by atoms with Crippen LogP contribution < -0.4 is 0 Å². The number of allylic oxidation sites excluding steroid dienone is 8. The van der Waals surface area contributed by atoms with Crippen LogP contribution in [0.25, 0.3) is 0 Å². The van der Waals surface area contributed by atoms with E-state index >= 15 is 0 Å². The molecule has 1 aliphatic carbocycles. The van der Waals surface area contributed by atoms with Crippen molar-refractivity contribution in [2.75, 3.05) is 0 Å².